The number of allylic oxidation sites excluding steroid dienone is 1. The van der Waals surface area contributed by atoms with Crippen molar-refractivity contribution in [2.45, 2.75) is 144 Å². The number of esters is 2. The lowest BCUT2D eigenvalue weighted by Crippen LogP contribution is -2.66. The van der Waals surface area contributed by atoms with Crippen LogP contribution in [-0.2, 0) is 23.9 Å². The second kappa shape index (κ2) is 13.8. The van der Waals surface area contributed by atoms with E-state index in [1.54, 1.807) is 26.0 Å². The molecule has 0 aliphatic heterocycles. The van der Waals surface area contributed by atoms with Gasteiger partial charge in [0, 0.05) is 17.8 Å². The molecule has 3 aliphatic carbocycles. The van der Waals surface area contributed by atoms with Crippen LogP contribution in [0.1, 0.15) is 120 Å². The Labute approximate surface area is 264 Å². The second-order valence-corrected chi connectivity index (χ2v) is 15.0. The van der Waals surface area contributed by atoms with E-state index in [0.717, 1.165) is 25.7 Å². The zero-order chi connectivity index (χ0) is 33.3. The number of aliphatic hydroxyl groups is 3. The van der Waals surface area contributed by atoms with Crippen LogP contribution in [0, 0.1) is 34.5 Å². The van der Waals surface area contributed by atoms with Crippen LogP contribution >= 0.6 is 0 Å². The summed E-state index contributed by atoms with van der Waals surface area (Å²) in [4.78, 5) is 41.4. The van der Waals surface area contributed by atoms with Crippen molar-refractivity contribution in [1.82, 2.24) is 0 Å². The first-order valence-electron chi connectivity index (χ1n) is 16.8. The topological polar surface area (TPSA) is 130 Å². The molecule has 0 aromatic rings. The van der Waals surface area contributed by atoms with E-state index in [1.165, 1.54) is 19.3 Å². The van der Waals surface area contributed by atoms with E-state index in [-0.39, 0.29) is 36.1 Å². The maximum Gasteiger partial charge on any atom is 0.309 e. The third kappa shape index (κ3) is 6.07. The Morgan fingerprint density at radius 2 is 1.64 bits per heavy atom. The molecule has 0 saturated heterocycles. The molecule has 1 saturated carbocycles. The van der Waals surface area contributed by atoms with Crippen molar-refractivity contribution >= 4 is 17.7 Å². The molecule has 0 amide bonds. The number of fused-ring (bicyclic) bond motifs is 1. The lowest BCUT2D eigenvalue weighted by atomic mass is 9.59. The third-order valence-corrected chi connectivity index (χ3v) is 11.5. The largest absolute Gasteiger partial charge is 0.459 e. The molecule has 250 valence electrons. The van der Waals surface area contributed by atoms with Crippen molar-refractivity contribution in [3.63, 3.8) is 0 Å². The first kappa shape index (κ1) is 36.4. The Bertz CT molecular complexity index is 1140. The zero-order valence-electron chi connectivity index (χ0n) is 28.6. The Morgan fingerprint density at radius 3 is 2.20 bits per heavy atom. The number of rotatable bonds is 13. The van der Waals surface area contributed by atoms with Gasteiger partial charge in [0.05, 0.1) is 17.9 Å². The second-order valence-electron chi connectivity index (χ2n) is 15.0. The Morgan fingerprint density at radius 1 is 1.05 bits per heavy atom. The summed E-state index contributed by atoms with van der Waals surface area (Å²) in [5.41, 5.74) is -5.48. The molecule has 44 heavy (non-hydrogen) atoms. The van der Waals surface area contributed by atoms with Gasteiger partial charge in [-0.3, -0.25) is 14.4 Å². The average Bonchev–Trinajstić information content (AvgIpc) is 3.12. The van der Waals surface area contributed by atoms with Crippen LogP contribution in [0.2, 0.25) is 0 Å². The smallest absolute Gasteiger partial charge is 0.309 e. The number of ketones is 1. The van der Waals surface area contributed by atoms with Gasteiger partial charge >= 0.3 is 11.9 Å². The van der Waals surface area contributed by atoms with Gasteiger partial charge in [-0.2, -0.15) is 0 Å². The van der Waals surface area contributed by atoms with Crippen LogP contribution in [0.3, 0.4) is 0 Å². The highest BCUT2D eigenvalue weighted by Gasteiger charge is 2.74. The summed E-state index contributed by atoms with van der Waals surface area (Å²) in [6.45, 7) is 16.2. The van der Waals surface area contributed by atoms with Crippen molar-refractivity contribution in [1.29, 1.82) is 0 Å². The molecule has 5 unspecified atom stereocenters. The van der Waals surface area contributed by atoms with Gasteiger partial charge < -0.3 is 24.8 Å². The van der Waals surface area contributed by atoms with Crippen molar-refractivity contribution in [2.24, 2.45) is 34.5 Å². The minimum Gasteiger partial charge on any atom is -0.459 e. The van der Waals surface area contributed by atoms with Crippen LogP contribution in [0.25, 0.3) is 0 Å². The van der Waals surface area contributed by atoms with E-state index in [2.05, 4.69) is 6.92 Å². The number of hydrogen-bond donors (Lipinski definition) is 3. The molecule has 0 aromatic heterocycles. The van der Waals surface area contributed by atoms with Gasteiger partial charge in [0.2, 0.25) is 0 Å². The third-order valence-electron chi connectivity index (χ3n) is 11.5. The highest BCUT2D eigenvalue weighted by Crippen LogP contribution is 2.64. The van der Waals surface area contributed by atoms with E-state index >= 15 is 0 Å². The Balaban J connectivity index is 2.02. The van der Waals surface area contributed by atoms with Gasteiger partial charge in [-0.1, -0.05) is 99.1 Å². The quantitative estimate of drug-likeness (QED) is 0.133. The van der Waals surface area contributed by atoms with Crippen LogP contribution in [0.15, 0.2) is 23.3 Å². The van der Waals surface area contributed by atoms with Crippen molar-refractivity contribution < 1.29 is 39.2 Å². The number of unbranched alkanes of at least 4 members (excludes halogenated alkanes) is 6. The molecule has 2 bridgehead atoms. The van der Waals surface area contributed by atoms with Crippen LogP contribution < -0.4 is 0 Å². The van der Waals surface area contributed by atoms with E-state index < -0.39 is 64.6 Å². The number of carbonyl (C=O) groups is 3. The Kier molecular flexibility index (Phi) is 11.4. The lowest BCUT2D eigenvalue weighted by Gasteiger charge is -2.49. The molecule has 1 spiro atoms. The maximum atomic E-state index is 14.9. The summed E-state index contributed by atoms with van der Waals surface area (Å²) in [6, 6.07) is 0. The maximum absolute atomic E-state index is 14.9. The summed E-state index contributed by atoms with van der Waals surface area (Å²) in [5, 5.41) is 34.9. The molecule has 8 heteroatoms. The van der Waals surface area contributed by atoms with E-state index in [0.29, 0.717) is 5.57 Å². The van der Waals surface area contributed by atoms with E-state index in [1.807, 2.05) is 41.5 Å². The molecular formula is C36H58O8. The normalized spacial score (nSPS) is 35.2. The van der Waals surface area contributed by atoms with Gasteiger partial charge in [-0.25, -0.2) is 0 Å². The summed E-state index contributed by atoms with van der Waals surface area (Å²) in [6.07, 6.45) is 8.28. The predicted octanol–water partition coefficient (Wildman–Crippen LogP) is 5.85. The minimum absolute atomic E-state index is 0.0242. The zero-order valence-corrected chi connectivity index (χ0v) is 28.6. The standard InChI is InChI=1S/C36H58O8/c1-10-11-12-13-14-15-16-17-28(38)44-34(9)20-24(5)35-19-23(4)31(43-32(41)25(6)22(2)3)36(35,42)29(39)26(21-37)18-27(30(35)40)33(34,7)8/h18-19,22,24-25,27,29,31,37,39,42H,10-17,20-21H2,1-9H3/t24-,25?,27?,29?,31+,34-,35?,36?/m1/s1. The Hall–Kier alpha value is -2.03. The summed E-state index contributed by atoms with van der Waals surface area (Å²) < 4.78 is 12.3. The highest BCUT2D eigenvalue weighted by molar-refractivity contribution is 5.95. The fraction of sp³-hybridized carbons (Fsp3) is 0.806. The number of hydrogen-bond acceptors (Lipinski definition) is 8. The molecule has 0 radical (unpaired) electrons. The number of carbonyl (C=O) groups excluding carboxylic acids is 3. The number of ether oxygens (including phenoxy) is 2. The summed E-state index contributed by atoms with van der Waals surface area (Å²) in [5.74, 6) is -3.25. The predicted molar refractivity (Wildman–Crippen MR) is 169 cm³/mol. The molecule has 0 heterocycles. The average molecular weight is 619 g/mol. The molecule has 3 N–H and O–H groups in total. The molecule has 3 rings (SSSR count). The number of aliphatic hydroxyl groups excluding tert-OH is 2. The van der Waals surface area contributed by atoms with E-state index in [4.69, 9.17) is 9.47 Å². The summed E-state index contributed by atoms with van der Waals surface area (Å²) in [7, 11) is 0. The number of Topliss-reactive ketones (excluding diaryl/α,β-unsaturated/α-hetero) is 1. The molecule has 1 fully saturated rings. The lowest BCUT2D eigenvalue weighted by molar-refractivity contribution is -0.206. The molecule has 8 nitrogen and oxygen atoms in total. The van der Waals surface area contributed by atoms with Crippen molar-refractivity contribution in [2.75, 3.05) is 6.61 Å². The van der Waals surface area contributed by atoms with E-state index in [9.17, 15) is 29.7 Å². The van der Waals surface area contributed by atoms with Gasteiger partial charge in [-0.05, 0) is 49.7 Å². The minimum atomic E-state index is -2.27. The van der Waals surface area contributed by atoms with Gasteiger partial charge in [0.1, 0.15) is 11.7 Å². The highest BCUT2D eigenvalue weighted by atomic mass is 16.6. The molecule has 3 aliphatic rings. The fourth-order valence-corrected chi connectivity index (χ4v) is 7.85. The molecule has 0 aromatic carbocycles. The van der Waals surface area contributed by atoms with Crippen LogP contribution in [-0.4, -0.2) is 63.1 Å². The van der Waals surface area contributed by atoms with Gasteiger partial charge in [-0.15, -0.1) is 0 Å². The summed E-state index contributed by atoms with van der Waals surface area (Å²) >= 11 is 0. The first-order chi connectivity index (χ1) is 20.5. The monoisotopic (exact) mass is 618 g/mol. The van der Waals surface area contributed by atoms with Gasteiger partial charge in [0.15, 0.2) is 17.5 Å². The van der Waals surface area contributed by atoms with Crippen LogP contribution in [0.5, 0.6) is 0 Å². The van der Waals surface area contributed by atoms with Gasteiger partial charge in [0.25, 0.3) is 0 Å². The van der Waals surface area contributed by atoms with Crippen LogP contribution in [0.4, 0.5) is 0 Å². The SMILES string of the molecule is CCCCCCCCCC(=O)O[C@]1(C)C[C@@H](C)C23C=C(C)[C@H](OC(=O)C(C)C(C)C)C2(O)C(O)C(CO)=CC(C3=O)C1(C)C. The first-order valence-corrected chi connectivity index (χ1v) is 16.8. The van der Waals surface area contributed by atoms with Crippen molar-refractivity contribution in [3.05, 3.63) is 23.3 Å². The molecular weight excluding hydrogens is 560 g/mol. The fourth-order valence-electron chi connectivity index (χ4n) is 7.85. The van der Waals surface area contributed by atoms with Crippen molar-refractivity contribution in [3.8, 4) is 0 Å². The molecule has 8 atom stereocenters.